The molecule has 0 radical (unpaired) electrons. The van der Waals surface area contributed by atoms with Crippen LogP contribution < -0.4 is 0 Å². The Morgan fingerprint density at radius 1 is 1.53 bits per heavy atom. The van der Waals surface area contributed by atoms with E-state index in [1.54, 1.807) is 11.3 Å². The van der Waals surface area contributed by atoms with Gasteiger partial charge in [0.25, 0.3) is 0 Å². The van der Waals surface area contributed by atoms with Crippen molar-refractivity contribution in [2.24, 2.45) is 0 Å². The molecule has 1 aliphatic rings. The van der Waals surface area contributed by atoms with Gasteiger partial charge in [-0.3, -0.25) is 0 Å². The number of halogens is 1. The van der Waals surface area contributed by atoms with Crippen LogP contribution in [0.4, 0.5) is 0 Å². The maximum atomic E-state index is 10.4. The quantitative estimate of drug-likeness (QED) is 0.888. The minimum atomic E-state index is -0.443. The molecule has 0 aliphatic heterocycles. The van der Waals surface area contributed by atoms with Crippen LogP contribution in [0.25, 0.3) is 0 Å². The number of aliphatic hydroxyl groups excluding tert-OH is 1. The van der Waals surface area contributed by atoms with Gasteiger partial charge >= 0.3 is 0 Å². The zero-order valence-electron chi connectivity index (χ0n) is 10.1. The number of hydrogen-bond acceptors (Lipinski definition) is 3. The lowest BCUT2D eigenvalue weighted by molar-refractivity contribution is -0.115. The first-order valence-electron chi connectivity index (χ1n) is 6.22. The van der Waals surface area contributed by atoms with Crippen molar-refractivity contribution in [3.05, 3.63) is 21.3 Å². The SMILES string of the molecule is CCOC1(C(O)Cc2sccc2Cl)CCCC1. The summed E-state index contributed by atoms with van der Waals surface area (Å²) in [6.07, 6.45) is 4.39. The molecule has 0 amide bonds. The van der Waals surface area contributed by atoms with Gasteiger partial charge in [-0.15, -0.1) is 11.3 Å². The fourth-order valence-electron chi connectivity index (χ4n) is 2.67. The predicted octanol–water partition coefficient (Wildman–Crippen LogP) is 3.65. The minimum Gasteiger partial charge on any atom is -0.390 e. The Labute approximate surface area is 112 Å². The summed E-state index contributed by atoms with van der Waals surface area (Å²) in [4.78, 5) is 1.06. The van der Waals surface area contributed by atoms with Gasteiger partial charge in [0, 0.05) is 17.9 Å². The van der Waals surface area contributed by atoms with Gasteiger partial charge in [-0.05, 0) is 31.2 Å². The molecule has 2 rings (SSSR count). The first kappa shape index (κ1) is 13.3. The topological polar surface area (TPSA) is 29.5 Å². The monoisotopic (exact) mass is 274 g/mol. The van der Waals surface area contributed by atoms with Crippen LogP contribution in [0, 0.1) is 0 Å². The molecule has 1 heterocycles. The van der Waals surface area contributed by atoms with Gasteiger partial charge in [0.1, 0.15) is 0 Å². The molecule has 1 fully saturated rings. The van der Waals surface area contributed by atoms with E-state index in [2.05, 4.69) is 0 Å². The van der Waals surface area contributed by atoms with Crippen molar-refractivity contribution in [1.29, 1.82) is 0 Å². The summed E-state index contributed by atoms with van der Waals surface area (Å²) in [6.45, 7) is 2.65. The molecule has 1 aromatic rings. The largest absolute Gasteiger partial charge is 0.390 e. The first-order valence-corrected chi connectivity index (χ1v) is 7.47. The van der Waals surface area contributed by atoms with E-state index < -0.39 is 6.10 Å². The standard InChI is InChI=1S/C13H19ClO2S/c1-2-16-13(6-3-4-7-13)12(15)9-11-10(14)5-8-17-11/h5,8,12,15H,2-4,6-7,9H2,1H3. The first-order chi connectivity index (χ1) is 8.18. The minimum absolute atomic E-state index is 0.331. The van der Waals surface area contributed by atoms with Crippen molar-refractivity contribution < 1.29 is 9.84 Å². The molecule has 96 valence electrons. The molecule has 1 N–H and O–H groups in total. The predicted molar refractivity (Wildman–Crippen MR) is 71.9 cm³/mol. The molecule has 1 atom stereocenters. The molecule has 1 unspecified atom stereocenters. The number of ether oxygens (including phenoxy) is 1. The molecular weight excluding hydrogens is 256 g/mol. The van der Waals surface area contributed by atoms with Crippen LogP contribution in [-0.4, -0.2) is 23.4 Å². The van der Waals surface area contributed by atoms with Crippen LogP contribution in [0.2, 0.25) is 5.02 Å². The molecule has 1 saturated carbocycles. The molecule has 0 spiro atoms. The lowest BCUT2D eigenvalue weighted by Gasteiger charge is -2.34. The number of aliphatic hydroxyl groups is 1. The van der Waals surface area contributed by atoms with Crippen LogP contribution >= 0.6 is 22.9 Å². The Morgan fingerprint density at radius 2 is 2.24 bits per heavy atom. The highest BCUT2D eigenvalue weighted by Crippen LogP contribution is 2.38. The number of thiophene rings is 1. The van der Waals surface area contributed by atoms with E-state index in [1.807, 2.05) is 18.4 Å². The number of hydrogen-bond donors (Lipinski definition) is 1. The van der Waals surface area contributed by atoms with E-state index in [0.717, 1.165) is 35.6 Å². The van der Waals surface area contributed by atoms with E-state index in [4.69, 9.17) is 16.3 Å². The lowest BCUT2D eigenvalue weighted by atomic mass is 9.91. The van der Waals surface area contributed by atoms with Crippen LogP contribution in [0.5, 0.6) is 0 Å². The Kier molecular flexibility index (Phi) is 4.47. The second kappa shape index (κ2) is 5.70. The van der Waals surface area contributed by atoms with Crippen molar-refractivity contribution in [3.8, 4) is 0 Å². The molecule has 0 aromatic carbocycles. The van der Waals surface area contributed by atoms with Crippen molar-refractivity contribution in [2.45, 2.75) is 50.7 Å². The van der Waals surface area contributed by atoms with E-state index in [-0.39, 0.29) is 5.60 Å². The van der Waals surface area contributed by atoms with E-state index >= 15 is 0 Å². The maximum Gasteiger partial charge on any atom is 0.0943 e. The van der Waals surface area contributed by atoms with Crippen LogP contribution in [0.15, 0.2) is 11.4 Å². The summed E-state index contributed by atoms with van der Waals surface area (Å²) in [5.41, 5.74) is -0.331. The Morgan fingerprint density at radius 3 is 2.76 bits per heavy atom. The number of rotatable bonds is 5. The molecule has 1 aliphatic carbocycles. The summed E-state index contributed by atoms with van der Waals surface area (Å²) in [5, 5.41) is 13.2. The third kappa shape index (κ3) is 2.84. The molecule has 2 nitrogen and oxygen atoms in total. The van der Waals surface area contributed by atoms with Crippen LogP contribution in [-0.2, 0) is 11.2 Å². The van der Waals surface area contributed by atoms with Crippen molar-refractivity contribution in [3.63, 3.8) is 0 Å². The molecule has 17 heavy (non-hydrogen) atoms. The average Bonchev–Trinajstić information content (AvgIpc) is 2.91. The Hall–Kier alpha value is -0.0900. The zero-order chi connectivity index (χ0) is 12.3. The second-order valence-electron chi connectivity index (χ2n) is 4.62. The fourth-order valence-corrected chi connectivity index (χ4v) is 3.82. The Balaban J connectivity index is 2.07. The maximum absolute atomic E-state index is 10.4. The highest BCUT2D eigenvalue weighted by atomic mass is 35.5. The molecule has 0 bridgehead atoms. The molecular formula is C13H19ClO2S. The van der Waals surface area contributed by atoms with Crippen molar-refractivity contribution in [2.75, 3.05) is 6.61 Å². The van der Waals surface area contributed by atoms with E-state index in [0.29, 0.717) is 13.0 Å². The van der Waals surface area contributed by atoms with Crippen LogP contribution in [0.3, 0.4) is 0 Å². The van der Waals surface area contributed by atoms with Gasteiger partial charge in [0.2, 0.25) is 0 Å². The second-order valence-corrected chi connectivity index (χ2v) is 6.02. The summed E-state index contributed by atoms with van der Waals surface area (Å²) >= 11 is 7.68. The third-order valence-corrected chi connectivity index (χ3v) is 4.97. The summed E-state index contributed by atoms with van der Waals surface area (Å²) in [6, 6.07) is 1.89. The highest BCUT2D eigenvalue weighted by Gasteiger charge is 2.41. The van der Waals surface area contributed by atoms with Crippen molar-refractivity contribution in [1.82, 2.24) is 0 Å². The summed E-state index contributed by atoms with van der Waals surface area (Å²) in [5.74, 6) is 0. The van der Waals surface area contributed by atoms with E-state index in [9.17, 15) is 5.11 Å². The molecule has 0 saturated heterocycles. The van der Waals surface area contributed by atoms with Gasteiger partial charge in [-0.25, -0.2) is 0 Å². The Bertz CT molecular complexity index is 358. The van der Waals surface area contributed by atoms with Gasteiger partial charge in [-0.2, -0.15) is 0 Å². The van der Waals surface area contributed by atoms with Gasteiger partial charge < -0.3 is 9.84 Å². The smallest absolute Gasteiger partial charge is 0.0943 e. The van der Waals surface area contributed by atoms with Crippen LogP contribution in [0.1, 0.15) is 37.5 Å². The summed E-state index contributed by atoms with van der Waals surface area (Å²) in [7, 11) is 0. The normalized spacial score (nSPS) is 20.6. The zero-order valence-corrected chi connectivity index (χ0v) is 11.7. The third-order valence-electron chi connectivity index (χ3n) is 3.56. The van der Waals surface area contributed by atoms with Gasteiger partial charge in [0.15, 0.2) is 0 Å². The van der Waals surface area contributed by atoms with Crippen molar-refractivity contribution >= 4 is 22.9 Å². The molecule has 4 heteroatoms. The van der Waals surface area contributed by atoms with E-state index in [1.165, 1.54) is 0 Å². The highest BCUT2D eigenvalue weighted by molar-refractivity contribution is 7.10. The average molecular weight is 275 g/mol. The van der Waals surface area contributed by atoms with Gasteiger partial charge in [0.05, 0.1) is 16.7 Å². The van der Waals surface area contributed by atoms with Gasteiger partial charge in [-0.1, -0.05) is 24.4 Å². The summed E-state index contributed by atoms with van der Waals surface area (Å²) < 4.78 is 5.85. The molecule has 1 aromatic heterocycles. The fraction of sp³-hybridized carbons (Fsp3) is 0.692. The lowest BCUT2D eigenvalue weighted by Crippen LogP contribution is -2.43.